The fraction of sp³-hybridized carbons (Fsp3) is 0.412. The van der Waals surface area contributed by atoms with E-state index in [2.05, 4.69) is 44.7 Å². The number of benzene rings is 1. The largest absolute Gasteiger partial charge is 0.383 e. The number of rotatable bonds is 7. The van der Waals surface area contributed by atoms with Gasteiger partial charge in [0.2, 0.25) is 0 Å². The molecule has 0 saturated heterocycles. The van der Waals surface area contributed by atoms with Crippen molar-refractivity contribution in [2.24, 2.45) is 4.99 Å². The zero-order valence-electron chi connectivity index (χ0n) is 14.0. The predicted molar refractivity (Wildman–Crippen MR) is 93.3 cm³/mol. The zero-order valence-corrected chi connectivity index (χ0v) is 14.0. The van der Waals surface area contributed by atoms with Crippen LogP contribution < -0.4 is 10.6 Å². The molecule has 3 N–H and O–H groups in total. The lowest BCUT2D eigenvalue weighted by molar-refractivity contribution is 0.179. The van der Waals surface area contributed by atoms with Gasteiger partial charge in [0, 0.05) is 19.7 Å². The molecule has 124 valence electrons. The van der Waals surface area contributed by atoms with E-state index in [9.17, 15) is 0 Å². The van der Waals surface area contributed by atoms with Crippen LogP contribution in [0.2, 0.25) is 0 Å². The number of methoxy groups -OCH3 is 1. The lowest BCUT2D eigenvalue weighted by atomic mass is 10.2. The van der Waals surface area contributed by atoms with Crippen LogP contribution in [-0.2, 0) is 11.3 Å². The fourth-order valence-corrected chi connectivity index (χ4v) is 2.21. The number of hydrogen-bond donors (Lipinski definition) is 3. The van der Waals surface area contributed by atoms with Crippen LogP contribution in [0.1, 0.15) is 19.7 Å². The third kappa shape index (κ3) is 5.41. The maximum Gasteiger partial charge on any atom is 0.191 e. The number of imidazole rings is 1. The molecule has 1 heterocycles. The summed E-state index contributed by atoms with van der Waals surface area (Å²) < 4.78 is 5.13. The van der Waals surface area contributed by atoms with Crippen LogP contribution in [0.4, 0.5) is 0 Å². The Morgan fingerprint density at radius 1 is 1.35 bits per heavy atom. The second-order valence-corrected chi connectivity index (χ2v) is 5.31. The van der Waals surface area contributed by atoms with Gasteiger partial charge in [-0.2, -0.15) is 0 Å². The summed E-state index contributed by atoms with van der Waals surface area (Å²) in [6.45, 7) is 6.01. The van der Waals surface area contributed by atoms with E-state index < -0.39 is 0 Å². The molecule has 0 bridgehead atoms. The van der Waals surface area contributed by atoms with Gasteiger partial charge in [0.05, 0.1) is 18.5 Å². The quantitative estimate of drug-likeness (QED) is 0.541. The normalized spacial score (nSPS) is 12.9. The molecule has 0 spiro atoms. The van der Waals surface area contributed by atoms with E-state index in [-0.39, 0.29) is 6.04 Å². The van der Waals surface area contributed by atoms with Gasteiger partial charge in [0.25, 0.3) is 0 Å². The highest BCUT2D eigenvalue weighted by molar-refractivity contribution is 5.80. The van der Waals surface area contributed by atoms with Gasteiger partial charge >= 0.3 is 0 Å². The number of aromatic nitrogens is 2. The summed E-state index contributed by atoms with van der Waals surface area (Å²) in [6.07, 6.45) is 1.84. The Morgan fingerprint density at radius 3 is 2.83 bits per heavy atom. The first-order valence-electron chi connectivity index (χ1n) is 7.86. The summed E-state index contributed by atoms with van der Waals surface area (Å²) in [5.74, 6) is 1.59. The third-order valence-electron chi connectivity index (χ3n) is 3.24. The minimum absolute atomic E-state index is 0.189. The fourth-order valence-electron chi connectivity index (χ4n) is 2.21. The van der Waals surface area contributed by atoms with Crippen LogP contribution in [-0.4, -0.2) is 42.2 Å². The average molecular weight is 315 g/mol. The van der Waals surface area contributed by atoms with Crippen molar-refractivity contribution >= 4 is 5.96 Å². The van der Waals surface area contributed by atoms with E-state index in [1.807, 2.05) is 31.3 Å². The van der Waals surface area contributed by atoms with Crippen molar-refractivity contribution in [3.05, 3.63) is 42.4 Å². The molecule has 23 heavy (non-hydrogen) atoms. The van der Waals surface area contributed by atoms with Gasteiger partial charge < -0.3 is 20.4 Å². The minimum atomic E-state index is 0.189. The molecule has 1 aromatic carbocycles. The van der Waals surface area contributed by atoms with Crippen molar-refractivity contribution < 1.29 is 4.74 Å². The van der Waals surface area contributed by atoms with Crippen LogP contribution in [0, 0.1) is 0 Å². The first kappa shape index (κ1) is 17.0. The Bertz CT molecular complexity index is 608. The molecule has 1 aromatic heterocycles. The maximum atomic E-state index is 5.13. The van der Waals surface area contributed by atoms with Gasteiger partial charge in [-0.3, -0.25) is 0 Å². The summed E-state index contributed by atoms with van der Waals surface area (Å²) in [7, 11) is 1.69. The lowest BCUT2D eigenvalue weighted by Crippen LogP contribution is -2.43. The molecule has 0 aliphatic carbocycles. The Morgan fingerprint density at radius 2 is 2.13 bits per heavy atom. The van der Waals surface area contributed by atoms with Crippen LogP contribution in [0.5, 0.6) is 0 Å². The topological polar surface area (TPSA) is 74.3 Å². The van der Waals surface area contributed by atoms with Crippen LogP contribution >= 0.6 is 0 Å². The second-order valence-electron chi connectivity index (χ2n) is 5.31. The van der Waals surface area contributed by atoms with Gasteiger partial charge in [0.15, 0.2) is 5.96 Å². The summed E-state index contributed by atoms with van der Waals surface area (Å²) >= 11 is 0. The Labute approximate surface area is 137 Å². The van der Waals surface area contributed by atoms with Gasteiger partial charge in [-0.05, 0) is 19.4 Å². The molecule has 2 aromatic rings. The highest BCUT2D eigenvalue weighted by Crippen LogP contribution is 2.16. The molecule has 2 rings (SSSR count). The van der Waals surface area contributed by atoms with Crippen molar-refractivity contribution in [2.45, 2.75) is 26.4 Å². The number of ether oxygens (including phenoxy) is 1. The highest BCUT2D eigenvalue weighted by Gasteiger charge is 2.06. The molecule has 0 aliphatic heterocycles. The molecule has 6 heteroatoms. The Balaban J connectivity index is 2.00. The van der Waals surface area contributed by atoms with Crippen molar-refractivity contribution in [1.29, 1.82) is 0 Å². The Hall–Kier alpha value is -2.34. The SMILES string of the molecule is CCNC(=NCc1ncc(-c2ccccc2)[nH]1)NC(C)COC. The van der Waals surface area contributed by atoms with Crippen molar-refractivity contribution in [2.75, 3.05) is 20.3 Å². The van der Waals surface area contributed by atoms with E-state index >= 15 is 0 Å². The molecular formula is C17H25N5O. The molecule has 0 radical (unpaired) electrons. The van der Waals surface area contributed by atoms with Gasteiger partial charge in [-0.15, -0.1) is 0 Å². The molecule has 0 aliphatic rings. The third-order valence-corrected chi connectivity index (χ3v) is 3.24. The summed E-state index contributed by atoms with van der Waals surface area (Å²) in [6, 6.07) is 10.3. The summed E-state index contributed by atoms with van der Waals surface area (Å²) in [5, 5.41) is 6.52. The molecule has 6 nitrogen and oxygen atoms in total. The smallest absolute Gasteiger partial charge is 0.191 e. The summed E-state index contributed by atoms with van der Waals surface area (Å²) in [5.41, 5.74) is 2.12. The van der Waals surface area contributed by atoms with E-state index in [1.165, 1.54) is 0 Å². The number of hydrogen-bond acceptors (Lipinski definition) is 3. The number of nitrogens with one attached hydrogen (secondary N) is 3. The molecule has 0 amide bonds. The lowest BCUT2D eigenvalue weighted by Gasteiger charge is -2.16. The number of aliphatic imine (C=N–C) groups is 1. The van der Waals surface area contributed by atoms with Crippen molar-refractivity contribution in [3.63, 3.8) is 0 Å². The predicted octanol–water partition coefficient (Wildman–Crippen LogP) is 2.17. The molecule has 0 saturated carbocycles. The van der Waals surface area contributed by atoms with Crippen LogP contribution in [0.15, 0.2) is 41.5 Å². The molecule has 1 unspecified atom stereocenters. The zero-order chi connectivity index (χ0) is 16.5. The molecular weight excluding hydrogens is 290 g/mol. The van der Waals surface area contributed by atoms with Gasteiger partial charge in [0.1, 0.15) is 12.4 Å². The van der Waals surface area contributed by atoms with E-state index in [0.717, 1.165) is 29.6 Å². The standard InChI is InChI=1S/C17H25N5O/c1-4-18-17(21-13(2)12-23-3)20-11-16-19-10-15(22-16)14-8-6-5-7-9-14/h5-10,13H,4,11-12H2,1-3H3,(H,19,22)(H2,18,20,21). The second kappa shape index (κ2) is 8.95. The number of H-pyrrole nitrogens is 1. The van der Waals surface area contributed by atoms with Crippen LogP contribution in [0.3, 0.4) is 0 Å². The number of nitrogens with zero attached hydrogens (tertiary/aromatic N) is 2. The van der Waals surface area contributed by atoms with E-state index in [1.54, 1.807) is 7.11 Å². The average Bonchev–Trinajstić information content (AvgIpc) is 3.03. The first-order chi connectivity index (χ1) is 11.2. The van der Waals surface area contributed by atoms with Gasteiger partial charge in [-0.1, -0.05) is 30.3 Å². The van der Waals surface area contributed by atoms with E-state index in [0.29, 0.717) is 13.2 Å². The van der Waals surface area contributed by atoms with Crippen molar-refractivity contribution in [3.8, 4) is 11.3 Å². The monoisotopic (exact) mass is 315 g/mol. The maximum absolute atomic E-state index is 5.13. The highest BCUT2D eigenvalue weighted by atomic mass is 16.5. The summed E-state index contributed by atoms with van der Waals surface area (Å²) in [4.78, 5) is 12.3. The van der Waals surface area contributed by atoms with Crippen molar-refractivity contribution in [1.82, 2.24) is 20.6 Å². The number of guanidine groups is 1. The van der Waals surface area contributed by atoms with Crippen LogP contribution in [0.25, 0.3) is 11.3 Å². The number of aromatic amines is 1. The molecule has 1 atom stereocenters. The molecule has 0 fully saturated rings. The van der Waals surface area contributed by atoms with Gasteiger partial charge in [-0.25, -0.2) is 9.98 Å². The first-order valence-corrected chi connectivity index (χ1v) is 7.86. The minimum Gasteiger partial charge on any atom is -0.383 e. The Kier molecular flexibility index (Phi) is 6.62. The van der Waals surface area contributed by atoms with E-state index in [4.69, 9.17) is 4.74 Å².